The Balaban J connectivity index is 2.73. The molecule has 0 bridgehead atoms. The number of nitrogens with zero attached hydrogens (tertiary/aromatic N) is 1. The summed E-state index contributed by atoms with van der Waals surface area (Å²) in [6.07, 6.45) is 0. The summed E-state index contributed by atoms with van der Waals surface area (Å²) in [6, 6.07) is 13.6. The molecule has 0 radical (unpaired) electrons. The summed E-state index contributed by atoms with van der Waals surface area (Å²) < 4.78 is 5.53. The molecular formula is C17H19NO2. The Bertz CT molecular complexity index is 618. The van der Waals surface area contributed by atoms with Crippen LogP contribution in [0.4, 0.5) is 0 Å². The topological polar surface area (TPSA) is 29.5 Å². The second kappa shape index (κ2) is 5.78. The van der Waals surface area contributed by atoms with Crippen molar-refractivity contribution >= 4 is 5.91 Å². The van der Waals surface area contributed by atoms with Crippen molar-refractivity contribution in [2.24, 2.45) is 0 Å². The van der Waals surface area contributed by atoms with Gasteiger partial charge in [0.25, 0.3) is 5.91 Å². The second-order valence-electron chi connectivity index (χ2n) is 4.90. The summed E-state index contributed by atoms with van der Waals surface area (Å²) >= 11 is 0. The van der Waals surface area contributed by atoms with Gasteiger partial charge in [-0.05, 0) is 24.1 Å². The third-order valence-corrected chi connectivity index (χ3v) is 3.26. The molecule has 0 aliphatic heterocycles. The molecule has 0 unspecified atom stereocenters. The number of amides is 1. The highest BCUT2D eigenvalue weighted by Gasteiger charge is 2.19. The first-order valence-corrected chi connectivity index (χ1v) is 6.51. The Morgan fingerprint density at radius 2 is 1.70 bits per heavy atom. The smallest absolute Gasteiger partial charge is 0.254 e. The molecule has 0 aromatic heterocycles. The lowest BCUT2D eigenvalue weighted by molar-refractivity contribution is 0.0828. The number of hydrogen-bond acceptors (Lipinski definition) is 2. The number of carbonyl (C=O) groups is 1. The van der Waals surface area contributed by atoms with E-state index in [-0.39, 0.29) is 5.91 Å². The average molecular weight is 269 g/mol. The molecule has 104 valence electrons. The number of aryl methyl sites for hydroxylation is 1. The maximum atomic E-state index is 12.4. The fourth-order valence-electron chi connectivity index (χ4n) is 2.26. The van der Waals surface area contributed by atoms with E-state index in [4.69, 9.17) is 4.74 Å². The first-order chi connectivity index (χ1) is 9.56. The lowest BCUT2D eigenvalue weighted by atomic mass is 9.95. The molecule has 0 saturated carbocycles. The molecule has 0 spiro atoms. The van der Waals surface area contributed by atoms with Crippen LogP contribution in [0.2, 0.25) is 0 Å². The van der Waals surface area contributed by atoms with Crippen molar-refractivity contribution in [2.75, 3.05) is 21.2 Å². The lowest BCUT2D eigenvalue weighted by Crippen LogP contribution is -2.22. The summed E-state index contributed by atoms with van der Waals surface area (Å²) in [7, 11) is 5.14. The molecule has 0 heterocycles. The first kappa shape index (κ1) is 14.1. The monoisotopic (exact) mass is 269 g/mol. The van der Waals surface area contributed by atoms with E-state index in [9.17, 15) is 4.79 Å². The van der Waals surface area contributed by atoms with Gasteiger partial charge in [0, 0.05) is 19.7 Å². The largest absolute Gasteiger partial charge is 0.496 e. The van der Waals surface area contributed by atoms with Gasteiger partial charge in [-0.3, -0.25) is 4.79 Å². The molecule has 0 saturated heterocycles. The van der Waals surface area contributed by atoms with Gasteiger partial charge in [0.15, 0.2) is 0 Å². The fraction of sp³-hybridized carbons (Fsp3) is 0.235. The zero-order chi connectivity index (χ0) is 14.7. The number of rotatable bonds is 3. The molecule has 2 aromatic carbocycles. The van der Waals surface area contributed by atoms with E-state index in [0.717, 1.165) is 22.4 Å². The van der Waals surface area contributed by atoms with Crippen molar-refractivity contribution in [1.82, 2.24) is 4.90 Å². The van der Waals surface area contributed by atoms with Crippen LogP contribution in [0.5, 0.6) is 5.75 Å². The van der Waals surface area contributed by atoms with Gasteiger partial charge in [0.05, 0.1) is 12.7 Å². The van der Waals surface area contributed by atoms with Gasteiger partial charge in [-0.25, -0.2) is 0 Å². The summed E-state index contributed by atoms with van der Waals surface area (Å²) in [6.45, 7) is 1.98. The van der Waals surface area contributed by atoms with Crippen LogP contribution in [0.1, 0.15) is 15.9 Å². The van der Waals surface area contributed by atoms with Crippen LogP contribution < -0.4 is 4.74 Å². The first-order valence-electron chi connectivity index (χ1n) is 6.51. The SMILES string of the molecule is COc1c(C)ccc(C(=O)N(C)C)c1-c1ccccc1. The molecule has 0 atom stereocenters. The fourth-order valence-corrected chi connectivity index (χ4v) is 2.26. The third-order valence-electron chi connectivity index (χ3n) is 3.26. The van der Waals surface area contributed by atoms with Gasteiger partial charge >= 0.3 is 0 Å². The van der Waals surface area contributed by atoms with Crippen molar-refractivity contribution in [1.29, 1.82) is 0 Å². The lowest BCUT2D eigenvalue weighted by Gasteiger charge is -2.18. The van der Waals surface area contributed by atoms with Crippen molar-refractivity contribution in [3.05, 3.63) is 53.6 Å². The van der Waals surface area contributed by atoms with E-state index < -0.39 is 0 Å². The number of carbonyl (C=O) groups excluding carboxylic acids is 1. The zero-order valence-electron chi connectivity index (χ0n) is 12.3. The van der Waals surface area contributed by atoms with E-state index in [0.29, 0.717) is 5.56 Å². The minimum atomic E-state index is -0.0258. The Hall–Kier alpha value is -2.29. The molecule has 0 N–H and O–H groups in total. The predicted molar refractivity (Wildman–Crippen MR) is 81.2 cm³/mol. The highest BCUT2D eigenvalue weighted by atomic mass is 16.5. The Morgan fingerprint density at radius 1 is 1.05 bits per heavy atom. The molecule has 3 heteroatoms. The summed E-state index contributed by atoms with van der Waals surface area (Å²) in [5.41, 5.74) is 3.51. The maximum Gasteiger partial charge on any atom is 0.254 e. The van der Waals surface area contributed by atoms with Gasteiger partial charge in [-0.1, -0.05) is 36.4 Å². The number of ether oxygens (including phenoxy) is 1. The van der Waals surface area contributed by atoms with Crippen LogP contribution in [0.15, 0.2) is 42.5 Å². The zero-order valence-corrected chi connectivity index (χ0v) is 12.3. The molecule has 20 heavy (non-hydrogen) atoms. The molecule has 1 amide bonds. The predicted octanol–water partition coefficient (Wildman–Crippen LogP) is 3.37. The van der Waals surface area contributed by atoms with E-state index in [1.165, 1.54) is 0 Å². The van der Waals surface area contributed by atoms with E-state index in [2.05, 4.69) is 0 Å². The van der Waals surface area contributed by atoms with Gasteiger partial charge < -0.3 is 9.64 Å². The standard InChI is InChI=1S/C17H19NO2/c1-12-10-11-14(17(19)18(2)3)15(16(12)20-4)13-8-6-5-7-9-13/h5-11H,1-4H3. The van der Waals surface area contributed by atoms with E-state index in [1.54, 1.807) is 26.1 Å². The highest BCUT2D eigenvalue weighted by Crippen LogP contribution is 2.36. The van der Waals surface area contributed by atoms with Crippen LogP contribution in [0.3, 0.4) is 0 Å². The average Bonchev–Trinajstić information content (AvgIpc) is 2.47. The Kier molecular flexibility index (Phi) is 4.08. The third kappa shape index (κ3) is 2.52. The van der Waals surface area contributed by atoms with E-state index >= 15 is 0 Å². The normalized spacial score (nSPS) is 10.2. The quantitative estimate of drug-likeness (QED) is 0.855. The Labute approximate surface area is 119 Å². The molecule has 0 aliphatic carbocycles. The molecule has 3 nitrogen and oxygen atoms in total. The molecule has 0 fully saturated rings. The van der Waals surface area contributed by atoms with Gasteiger partial charge in [0.1, 0.15) is 5.75 Å². The van der Waals surface area contributed by atoms with Crippen LogP contribution >= 0.6 is 0 Å². The van der Waals surface area contributed by atoms with Crippen LogP contribution in [-0.2, 0) is 0 Å². The van der Waals surface area contributed by atoms with Crippen molar-refractivity contribution in [3.8, 4) is 16.9 Å². The molecule has 2 aromatic rings. The molecule has 0 aliphatic rings. The van der Waals surface area contributed by atoms with Crippen LogP contribution in [0.25, 0.3) is 11.1 Å². The summed E-state index contributed by atoms with van der Waals surface area (Å²) in [4.78, 5) is 14.0. The van der Waals surface area contributed by atoms with Crippen molar-refractivity contribution in [2.45, 2.75) is 6.92 Å². The number of methoxy groups -OCH3 is 1. The number of hydrogen-bond donors (Lipinski definition) is 0. The second-order valence-corrected chi connectivity index (χ2v) is 4.90. The van der Waals surface area contributed by atoms with Crippen molar-refractivity contribution in [3.63, 3.8) is 0 Å². The summed E-state index contributed by atoms with van der Waals surface area (Å²) in [5.74, 6) is 0.728. The van der Waals surface area contributed by atoms with Crippen molar-refractivity contribution < 1.29 is 9.53 Å². The van der Waals surface area contributed by atoms with Gasteiger partial charge in [-0.15, -0.1) is 0 Å². The number of benzene rings is 2. The minimum Gasteiger partial charge on any atom is -0.496 e. The Morgan fingerprint density at radius 3 is 2.25 bits per heavy atom. The molecule has 2 rings (SSSR count). The molecular weight excluding hydrogens is 250 g/mol. The van der Waals surface area contributed by atoms with Gasteiger partial charge in [-0.2, -0.15) is 0 Å². The van der Waals surface area contributed by atoms with Crippen LogP contribution in [-0.4, -0.2) is 32.0 Å². The highest BCUT2D eigenvalue weighted by molar-refractivity contribution is 6.02. The maximum absolute atomic E-state index is 12.4. The van der Waals surface area contributed by atoms with Gasteiger partial charge in [0.2, 0.25) is 0 Å². The summed E-state index contributed by atoms with van der Waals surface area (Å²) in [5, 5.41) is 0. The van der Waals surface area contributed by atoms with E-state index in [1.807, 2.05) is 49.4 Å². The van der Waals surface area contributed by atoms with Crippen LogP contribution in [0, 0.1) is 6.92 Å². The minimum absolute atomic E-state index is 0.0258.